The van der Waals surface area contributed by atoms with Crippen LogP contribution in [-0.4, -0.2) is 31.3 Å². The summed E-state index contributed by atoms with van der Waals surface area (Å²) < 4.78 is 11.6. The van der Waals surface area contributed by atoms with Gasteiger partial charge in [-0.2, -0.15) is 11.8 Å². The molecule has 20 heavy (non-hydrogen) atoms. The van der Waals surface area contributed by atoms with Crippen LogP contribution in [0.15, 0.2) is 18.2 Å². The van der Waals surface area contributed by atoms with Crippen LogP contribution in [0.3, 0.4) is 0 Å². The highest BCUT2D eigenvalue weighted by Gasteiger charge is 2.35. The number of methoxy groups -OCH3 is 1. The fourth-order valence-electron chi connectivity index (χ4n) is 2.65. The molecule has 0 bridgehead atoms. The van der Waals surface area contributed by atoms with Crippen molar-refractivity contribution in [2.75, 3.05) is 26.5 Å². The summed E-state index contributed by atoms with van der Waals surface area (Å²) in [6.45, 7) is 4.54. The van der Waals surface area contributed by atoms with Crippen LogP contribution in [0.5, 0.6) is 11.5 Å². The average Bonchev–Trinajstić information content (AvgIpc) is 2.42. The number of para-hydroxylation sites is 1. The van der Waals surface area contributed by atoms with E-state index in [1.54, 1.807) is 7.11 Å². The lowest BCUT2D eigenvalue weighted by Crippen LogP contribution is -2.43. The van der Waals surface area contributed by atoms with Crippen molar-refractivity contribution in [1.29, 1.82) is 0 Å². The van der Waals surface area contributed by atoms with E-state index in [0.717, 1.165) is 30.2 Å². The molecule has 0 saturated heterocycles. The zero-order valence-electron chi connectivity index (χ0n) is 12.7. The Bertz CT molecular complexity index is 427. The molecular weight excluding hydrogens is 270 g/mol. The van der Waals surface area contributed by atoms with Crippen LogP contribution >= 0.6 is 11.8 Å². The topological polar surface area (TPSA) is 30.5 Å². The predicted molar refractivity (Wildman–Crippen MR) is 86.0 cm³/mol. The van der Waals surface area contributed by atoms with Crippen molar-refractivity contribution in [3.8, 4) is 11.5 Å². The Morgan fingerprint density at radius 1 is 1.35 bits per heavy atom. The van der Waals surface area contributed by atoms with Gasteiger partial charge in [0.1, 0.15) is 0 Å². The third-order valence-corrected chi connectivity index (χ3v) is 5.44. The number of thioether (sulfide) groups is 1. The number of hydrogen-bond acceptors (Lipinski definition) is 4. The lowest BCUT2D eigenvalue weighted by molar-refractivity contribution is 0.307. The fourth-order valence-corrected chi connectivity index (χ4v) is 3.59. The van der Waals surface area contributed by atoms with Gasteiger partial charge in [-0.25, -0.2) is 0 Å². The Balaban J connectivity index is 1.96. The minimum absolute atomic E-state index is 0.463. The first kappa shape index (κ1) is 15.5. The van der Waals surface area contributed by atoms with Gasteiger partial charge in [-0.15, -0.1) is 0 Å². The second-order valence-electron chi connectivity index (χ2n) is 5.23. The molecule has 0 spiro atoms. The molecule has 1 fully saturated rings. The maximum absolute atomic E-state index is 5.61. The number of hydrogen-bond donors (Lipinski definition) is 1. The van der Waals surface area contributed by atoms with Crippen molar-refractivity contribution in [3.63, 3.8) is 0 Å². The van der Waals surface area contributed by atoms with Crippen LogP contribution < -0.4 is 14.8 Å². The van der Waals surface area contributed by atoms with Gasteiger partial charge in [0, 0.05) is 23.4 Å². The van der Waals surface area contributed by atoms with Gasteiger partial charge >= 0.3 is 0 Å². The first-order valence-corrected chi connectivity index (χ1v) is 8.51. The molecule has 0 radical (unpaired) electrons. The van der Waals surface area contributed by atoms with E-state index in [2.05, 4.69) is 17.6 Å². The van der Waals surface area contributed by atoms with Gasteiger partial charge in [0.25, 0.3) is 0 Å². The maximum atomic E-state index is 5.61. The van der Waals surface area contributed by atoms with Gasteiger partial charge < -0.3 is 14.8 Å². The number of nitrogens with one attached hydrogen (secondary N) is 1. The molecule has 1 N–H and O–H groups in total. The molecule has 0 heterocycles. The van der Waals surface area contributed by atoms with Crippen LogP contribution in [-0.2, 0) is 6.54 Å². The number of ether oxygens (including phenoxy) is 2. The lowest BCUT2D eigenvalue weighted by atomic mass is 9.84. The predicted octanol–water partition coefficient (Wildman–Crippen LogP) is 3.47. The van der Waals surface area contributed by atoms with E-state index in [-0.39, 0.29) is 0 Å². The summed E-state index contributed by atoms with van der Waals surface area (Å²) in [5, 5.41) is 3.58. The van der Waals surface area contributed by atoms with Gasteiger partial charge in [0.2, 0.25) is 0 Å². The SMILES string of the molecule is CCOc1cccc(CNCC2(SC)CCC2)c1OC. The van der Waals surface area contributed by atoms with Crippen molar-refractivity contribution in [1.82, 2.24) is 5.32 Å². The Kier molecular flexibility index (Phi) is 5.61. The third-order valence-electron chi connectivity index (χ3n) is 4.02. The molecule has 2 rings (SSSR count). The summed E-state index contributed by atoms with van der Waals surface area (Å²) in [6, 6.07) is 6.08. The van der Waals surface area contributed by atoms with Gasteiger partial charge in [-0.3, -0.25) is 0 Å². The number of benzene rings is 1. The van der Waals surface area contributed by atoms with E-state index in [9.17, 15) is 0 Å². The summed E-state index contributed by atoms with van der Waals surface area (Å²) in [5.41, 5.74) is 1.16. The van der Waals surface area contributed by atoms with Crippen molar-refractivity contribution in [2.45, 2.75) is 37.5 Å². The smallest absolute Gasteiger partial charge is 0.165 e. The highest BCUT2D eigenvalue weighted by Crippen LogP contribution is 2.42. The summed E-state index contributed by atoms with van der Waals surface area (Å²) in [6.07, 6.45) is 6.25. The molecule has 1 aromatic carbocycles. The maximum Gasteiger partial charge on any atom is 0.165 e. The fraction of sp³-hybridized carbons (Fsp3) is 0.625. The molecule has 1 aliphatic carbocycles. The molecule has 0 atom stereocenters. The van der Waals surface area contributed by atoms with E-state index >= 15 is 0 Å². The Morgan fingerprint density at radius 3 is 2.70 bits per heavy atom. The molecular formula is C16H25NO2S. The lowest BCUT2D eigenvalue weighted by Gasteiger charge is -2.40. The van der Waals surface area contributed by atoms with Crippen molar-refractivity contribution in [2.24, 2.45) is 0 Å². The molecule has 1 aliphatic rings. The normalized spacial score (nSPS) is 16.6. The quantitative estimate of drug-likeness (QED) is 0.795. The summed E-state index contributed by atoms with van der Waals surface area (Å²) in [7, 11) is 1.71. The van der Waals surface area contributed by atoms with Crippen molar-refractivity contribution in [3.05, 3.63) is 23.8 Å². The second kappa shape index (κ2) is 7.23. The van der Waals surface area contributed by atoms with Gasteiger partial charge in [0.15, 0.2) is 11.5 Å². The highest BCUT2D eigenvalue weighted by molar-refractivity contribution is 8.00. The van der Waals surface area contributed by atoms with Crippen LogP contribution in [0.1, 0.15) is 31.7 Å². The van der Waals surface area contributed by atoms with Crippen molar-refractivity contribution < 1.29 is 9.47 Å². The zero-order chi connectivity index (χ0) is 14.4. The minimum atomic E-state index is 0.463. The Hall–Kier alpha value is -0.870. The molecule has 4 heteroatoms. The first-order chi connectivity index (χ1) is 9.74. The van der Waals surface area contributed by atoms with E-state index in [0.29, 0.717) is 11.4 Å². The Labute approximate surface area is 126 Å². The summed E-state index contributed by atoms with van der Waals surface area (Å²) >= 11 is 2.00. The minimum Gasteiger partial charge on any atom is -0.493 e. The standard InChI is InChI=1S/C16H25NO2S/c1-4-19-14-8-5-7-13(15(14)18-2)11-17-12-16(20-3)9-6-10-16/h5,7-8,17H,4,6,9-12H2,1-3H3. The van der Waals surface area contributed by atoms with Gasteiger partial charge in [-0.05, 0) is 32.1 Å². The van der Waals surface area contributed by atoms with Crippen LogP contribution in [0.4, 0.5) is 0 Å². The van der Waals surface area contributed by atoms with Gasteiger partial charge in [0.05, 0.1) is 13.7 Å². The van der Waals surface area contributed by atoms with Crippen LogP contribution in [0.25, 0.3) is 0 Å². The van der Waals surface area contributed by atoms with Crippen molar-refractivity contribution >= 4 is 11.8 Å². The molecule has 0 unspecified atom stereocenters. The number of rotatable bonds is 8. The molecule has 0 amide bonds. The zero-order valence-corrected chi connectivity index (χ0v) is 13.5. The molecule has 1 aromatic rings. The molecule has 112 valence electrons. The summed E-state index contributed by atoms with van der Waals surface area (Å²) in [5.74, 6) is 1.69. The molecule has 3 nitrogen and oxygen atoms in total. The van der Waals surface area contributed by atoms with E-state index < -0.39 is 0 Å². The Morgan fingerprint density at radius 2 is 2.15 bits per heavy atom. The molecule has 0 aliphatic heterocycles. The van der Waals surface area contributed by atoms with E-state index in [4.69, 9.17) is 9.47 Å². The highest BCUT2D eigenvalue weighted by atomic mass is 32.2. The largest absolute Gasteiger partial charge is 0.493 e. The monoisotopic (exact) mass is 295 g/mol. The van der Waals surface area contributed by atoms with E-state index in [1.807, 2.05) is 30.8 Å². The van der Waals surface area contributed by atoms with E-state index in [1.165, 1.54) is 19.3 Å². The second-order valence-corrected chi connectivity index (χ2v) is 6.50. The molecule has 1 saturated carbocycles. The third kappa shape index (κ3) is 3.41. The molecule has 0 aromatic heterocycles. The van der Waals surface area contributed by atoms with Gasteiger partial charge in [-0.1, -0.05) is 18.6 Å². The van der Waals surface area contributed by atoms with Crippen LogP contribution in [0, 0.1) is 0 Å². The van der Waals surface area contributed by atoms with Crippen LogP contribution in [0.2, 0.25) is 0 Å². The summed E-state index contributed by atoms with van der Waals surface area (Å²) in [4.78, 5) is 0. The average molecular weight is 295 g/mol. The first-order valence-electron chi connectivity index (χ1n) is 7.29.